The molecular weight excluding hydrogens is 482 g/mol. The lowest BCUT2D eigenvalue weighted by Gasteiger charge is -2.40. The van der Waals surface area contributed by atoms with Crippen molar-refractivity contribution in [2.45, 2.75) is 31.7 Å². The molecule has 0 fully saturated rings. The molecule has 170 valence electrons. The lowest BCUT2D eigenvalue weighted by Crippen LogP contribution is -2.54. The van der Waals surface area contributed by atoms with E-state index >= 15 is 0 Å². The smallest absolute Gasteiger partial charge is 0.311 e. The standard InChI is InChI=1S/C21H20Cl2F3N5S/c1-10(2)18-29-19-16(31(20(28)32-19)15-13(22)4-3-5-14(15)23)17(27)30(18)12-8-6-11(7-9-12)21(24,25)26/h3-10,17,20H,27-28H2,1-2H3. The van der Waals surface area contributed by atoms with Crippen LogP contribution in [-0.2, 0) is 6.18 Å². The summed E-state index contributed by atoms with van der Waals surface area (Å²) in [5, 5.41) is 1.43. The number of amidine groups is 1. The zero-order chi connectivity index (χ0) is 23.4. The fourth-order valence-corrected chi connectivity index (χ4v) is 5.34. The van der Waals surface area contributed by atoms with E-state index in [1.807, 2.05) is 13.8 Å². The van der Waals surface area contributed by atoms with Gasteiger partial charge in [-0.2, -0.15) is 13.2 Å². The molecule has 2 aliphatic rings. The molecule has 4 N–H and O–H groups in total. The van der Waals surface area contributed by atoms with Gasteiger partial charge in [-0.25, -0.2) is 4.99 Å². The van der Waals surface area contributed by atoms with Crippen LogP contribution >= 0.6 is 35.0 Å². The van der Waals surface area contributed by atoms with Gasteiger partial charge in [0.15, 0.2) is 0 Å². The van der Waals surface area contributed by atoms with Crippen molar-refractivity contribution in [1.82, 2.24) is 0 Å². The van der Waals surface area contributed by atoms with E-state index in [9.17, 15) is 13.2 Å². The summed E-state index contributed by atoms with van der Waals surface area (Å²) in [4.78, 5) is 8.25. The van der Waals surface area contributed by atoms with Crippen molar-refractivity contribution in [1.29, 1.82) is 0 Å². The number of anilines is 2. The number of rotatable bonds is 3. The molecule has 11 heteroatoms. The van der Waals surface area contributed by atoms with E-state index in [-0.39, 0.29) is 5.92 Å². The van der Waals surface area contributed by atoms with Gasteiger partial charge in [0.1, 0.15) is 22.5 Å². The third kappa shape index (κ3) is 3.97. The normalized spacial score (nSPS) is 21.4. The highest BCUT2D eigenvalue weighted by atomic mass is 35.5. The lowest BCUT2D eigenvalue weighted by molar-refractivity contribution is -0.137. The summed E-state index contributed by atoms with van der Waals surface area (Å²) < 4.78 is 39.2. The van der Waals surface area contributed by atoms with Gasteiger partial charge in [0, 0.05) is 11.6 Å². The van der Waals surface area contributed by atoms with Crippen molar-refractivity contribution in [3.8, 4) is 0 Å². The number of halogens is 5. The topological polar surface area (TPSA) is 70.9 Å². The number of aliphatic imine (C=N–C) groups is 1. The van der Waals surface area contributed by atoms with Gasteiger partial charge in [-0.1, -0.05) is 54.9 Å². The molecule has 0 radical (unpaired) electrons. The number of hydrogen-bond acceptors (Lipinski definition) is 6. The summed E-state index contributed by atoms with van der Waals surface area (Å²) in [6.45, 7) is 3.88. The molecule has 0 saturated carbocycles. The molecule has 2 heterocycles. The van der Waals surface area contributed by atoms with Gasteiger partial charge in [-0.05, 0) is 36.4 Å². The van der Waals surface area contributed by atoms with Gasteiger partial charge >= 0.3 is 6.18 Å². The maximum absolute atomic E-state index is 13.1. The van der Waals surface area contributed by atoms with Crippen LogP contribution in [0.5, 0.6) is 0 Å². The number of nitrogens with zero attached hydrogens (tertiary/aromatic N) is 3. The number of para-hydroxylation sites is 1. The Morgan fingerprint density at radius 3 is 2.12 bits per heavy atom. The van der Waals surface area contributed by atoms with Crippen LogP contribution in [0.2, 0.25) is 10.0 Å². The summed E-state index contributed by atoms with van der Waals surface area (Å²) in [6.07, 6.45) is -5.20. The number of hydrogen-bond donors (Lipinski definition) is 2. The van der Waals surface area contributed by atoms with Gasteiger partial charge < -0.3 is 21.3 Å². The van der Waals surface area contributed by atoms with E-state index in [2.05, 4.69) is 0 Å². The Bertz CT molecular complexity index is 1080. The van der Waals surface area contributed by atoms with Crippen LogP contribution in [0.3, 0.4) is 0 Å². The summed E-state index contributed by atoms with van der Waals surface area (Å²) in [6, 6.07) is 9.96. The van der Waals surface area contributed by atoms with Crippen LogP contribution < -0.4 is 21.3 Å². The van der Waals surface area contributed by atoms with Crippen molar-refractivity contribution < 1.29 is 13.2 Å². The van der Waals surface area contributed by atoms with Crippen LogP contribution in [0.1, 0.15) is 19.4 Å². The molecular formula is C21H20Cl2F3N5S. The van der Waals surface area contributed by atoms with Crippen molar-refractivity contribution in [3.05, 3.63) is 68.8 Å². The maximum atomic E-state index is 13.1. The van der Waals surface area contributed by atoms with Gasteiger partial charge in [-0.3, -0.25) is 0 Å². The van der Waals surface area contributed by atoms with Crippen molar-refractivity contribution in [3.63, 3.8) is 0 Å². The first-order valence-corrected chi connectivity index (χ1v) is 11.3. The van der Waals surface area contributed by atoms with Gasteiger partial charge in [0.25, 0.3) is 0 Å². The first-order valence-electron chi connectivity index (χ1n) is 9.71. The number of thioether (sulfide) groups is 1. The van der Waals surface area contributed by atoms with Crippen LogP contribution in [0, 0.1) is 5.92 Å². The minimum Gasteiger partial charge on any atom is -0.311 e. The molecule has 2 atom stereocenters. The fraction of sp³-hybridized carbons (Fsp3) is 0.286. The molecule has 0 saturated heterocycles. The first kappa shape index (κ1) is 23.3. The van der Waals surface area contributed by atoms with Crippen molar-refractivity contribution >= 4 is 52.2 Å². The molecule has 0 amide bonds. The van der Waals surface area contributed by atoms with Crippen LogP contribution in [0.4, 0.5) is 24.5 Å². The Kier molecular flexibility index (Phi) is 6.15. The average Bonchev–Trinajstić information content (AvgIpc) is 3.03. The SMILES string of the molecule is CC(C)C1=NC2=C(C(N)N1c1ccc(C(F)(F)F)cc1)N(c1c(Cl)cccc1Cl)C(N)S2. The van der Waals surface area contributed by atoms with Crippen molar-refractivity contribution in [2.24, 2.45) is 22.4 Å². The molecule has 0 aromatic heterocycles. The lowest BCUT2D eigenvalue weighted by atomic mass is 10.1. The number of nitrogens with two attached hydrogens (primary N) is 2. The minimum atomic E-state index is -4.43. The predicted molar refractivity (Wildman–Crippen MR) is 126 cm³/mol. The molecule has 0 aliphatic carbocycles. The Morgan fingerprint density at radius 1 is 1.00 bits per heavy atom. The molecule has 2 unspecified atom stereocenters. The molecule has 4 rings (SSSR count). The second-order valence-electron chi connectivity index (χ2n) is 7.62. The average molecular weight is 502 g/mol. The Balaban J connectivity index is 1.82. The van der Waals surface area contributed by atoms with Crippen LogP contribution in [0.15, 0.2) is 58.2 Å². The van der Waals surface area contributed by atoms with Crippen LogP contribution in [0.25, 0.3) is 0 Å². The minimum absolute atomic E-state index is 0.0489. The third-order valence-corrected chi connectivity index (χ3v) is 6.74. The monoisotopic (exact) mass is 501 g/mol. The molecule has 2 aromatic rings. The third-order valence-electron chi connectivity index (χ3n) is 5.15. The Hall–Kier alpha value is -1.91. The highest BCUT2D eigenvalue weighted by Crippen LogP contribution is 2.48. The van der Waals surface area contributed by atoms with Gasteiger partial charge in [-0.15, -0.1) is 0 Å². The second kappa shape index (κ2) is 8.46. The van der Waals surface area contributed by atoms with Crippen molar-refractivity contribution in [2.75, 3.05) is 9.80 Å². The van der Waals surface area contributed by atoms with E-state index in [0.29, 0.717) is 38.0 Å². The quantitative estimate of drug-likeness (QED) is 0.552. The van der Waals surface area contributed by atoms with E-state index in [1.54, 1.807) is 28.0 Å². The molecule has 2 aromatic carbocycles. The molecule has 0 bridgehead atoms. The predicted octanol–water partition coefficient (Wildman–Crippen LogP) is 5.84. The molecule has 0 spiro atoms. The molecule has 5 nitrogen and oxygen atoms in total. The van der Waals surface area contributed by atoms with Gasteiger partial charge in [0.2, 0.25) is 0 Å². The first-order chi connectivity index (χ1) is 15.0. The highest BCUT2D eigenvalue weighted by Gasteiger charge is 2.43. The fourth-order valence-electron chi connectivity index (χ4n) is 3.72. The summed E-state index contributed by atoms with van der Waals surface area (Å²) >= 11 is 14.2. The van der Waals surface area contributed by atoms with E-state index in [4.69, 9.17) is 39.7 Å². The molecule has 32 heavy (non-hydrogen) atoms. The largest absolute Gasteiger partial charge is 0.416 e. The number of alkyl halides is 3. The van der Waals surface area contributed by atoms with Crippen LogP contribution in [-0.4, -0.2) is 17.5 Å². The highest BCUT2D eigenvalue weighted by molar-refractivity contribution is 8.04. The van der Waals surface area contributed by atoms with E-state index < -0.39 is 23.4 Å². The van der Waals surface area contributed by atoms with E-state index in [1.165, 1.54) is 23.9 Å². The zero-order valence-corrected chi connectivity index (χ0v) is 19.4. The van der Waals surface area contributed by atoms with Gasteiger partial charge in [0.05, 0.1) is 27.0 Å². The summed E-state index contributed by atoms with van der Waals surface area (Å²) in [5.74, 6) is 0.579. The Labute approximate surface area is 197 Å². The summed E-state index contributed by atoms with van der Waals surface area (Å²) in [5.41, 5.74) is 13.4. The maximum Gasteiger partial charge on any atom is 0.416 e. The number of benzene rings is 2. The zero-order valence-electron chi connectivity index (χ0n) is 17.1. The summed E-state index contributed by atoms with van der Waals surface area (Å²) in [7, 11) is 0. The molecule has 2 aliphatic heterocycles. The Morgan fingerprint density at radius 2 is 1.59 bits per heavy atom. The van der Waals surface area contributed by atoms with E-state index in [0.717, 1.165) is 12.1 Å². The second-order valence-corrected chi connectivity index (χ2v) is 9.54.